The largest absolute Gasteiger partial charge is 0.478 e. The average molecular weight is 430 g/mol. The number of hydrogen-bond donors (Lipinski definition) is 4. The summed E-state index contributed by atoms with van der Waals surface area (Å²) in [5.74, 6) is -4.08. The molecule has 0 radical (unpaired) electrons. The molecule has 0 aliphatic rings. The Hall–Kier alpha value is -3.76. The van der Waals surface area contributed by atoms with Crippen molar-refractivity contribution in [2.24, 2.45) is 11.5 Å². The second kappa shape index (κ2) is 10.9. The second-order valence-corrected chi connectivity index (χ2v) is 6.59. The van der Waals surface area contributed by atoms with Crippen LogP contribution in [0.5, 0.6) is 0 Å². The molecule has 0 spiro atoms. The van der Waals surface area contributed by atoms with E-state index in [0.29, 0.717) is 11.1 Å². The lowest BCUT2D eigenvalue weighted by molar-refractivity contribution is -0.169. The average Bonchev–Trinajstić information content (AvgIpc) is 2.73. The molecule has 31 heavy (non-hydrogen) atoms. The Morgan fingerprint density at radius 2 is 1.06 bits per heavy atom. The molecule has 0 fully saturated rings. The predicted octanol–water partition coefficient (Wildman–Crippen LogP) is 0.567. The normalized spacial score (nSPS) is 12.5. The summed E-state index contributed by atoms with van der Waals surface area (Å²) in [7, 11) is 0. The molecule has 0 bridgehead atoms. The number of rotatable bonds is 10. The van der Waals surface area contributed by atoms with Crippen LogP contribution in [0, 0.1) is 0 Å². The maximum atomic E-state index is 12.0. The molecule has 2 atom stereocenters. The summed E-state index contributed by atoms with van der Waals surface area (Å²) in [4.78, 5) is 46.4. The molecular weight excluding hydrogens is 408 g/mol. The van der Waals surface area contributed by atoms with Crippen LogP contribution in [0.15, 0.2) is 48.5 Å². The van der Waals surface area contributed by atoms with Crippen LogP contribution in [0.3, 0.4) is 0 Å². The van der Waals surface area contributed by atoms with E-state index in [9.17, 15) is 19.2 Å². The van der Waals surface area contributed by atoms with Gasteiger partial charge in [0.15, 0.2) is 0 Å². The zero-order valence-electron chi connectivity index (χ0n) is 16.4. The zero-order valence-corrected chi connectivity index (χ0v) is 16.4. The summed E-state index contributed by atoms with van der Waals surface area (Å²) in [6.07, 6.45) is -0.165. The Kier molecular flexibility index (Phi) is 8.24. The molecule has 2 aromatic carbocycles. The standard InChI is InChI=1S/C21H22N2O8/c22-16(9-12-5-1-3-7-14(12)18(24)25)20(28)30-11-31-21(29)17(23)10-13-6-2-4-8-15(13)19(26)27/h1-8,16-17H,9-11,22-23H2,(H,24,25)(H,26,27). The summed E-state index contributed by atoms with van der Waals surface area (Å²) in [6.45, 7) is -0.736. The molecular formula is C21H22N2O8. The van der Waals surface area contributed by atoms with E-state index in [-0.39, 0.29) is 24.0 Å². The van der Waals surface area contributed by atoms with Gasteiger partial charge in [0.2, 0.25) is 6.79 Å². The first kappa shape index (κ1) is 23.5. The van der Waals surface area contributed by atoms with Crippen LogP contribution in [-0.2, 0) is 31.9 Å². The smallest absolute Gasteiger partial charge is 0.335 e. The van der Waals surface area contributed by atoms with Crippen molar-refractivity contribution in [3.05, 3.63) is 70.8 Å². The Balaban J connectivity index is 1.84. The van der Waals surface area contributed by atoms with Gasteiger partial charge in [-0.25, -0.2) is 9.59 Å². The Bertz CT molecular complexity index is 898. The predicted molar refractivity (Wildman–Crippen MR) is 107 cm³/mol. The molecule has 0 saturated carbocycles. The quantitative estimate of drug-likeness (QED) is 0.307. The molecule has 2 rings (SSSR count). The lowest BCUT2D eigenvalue weighted by Crippen LogP contribution is -2.38. The van der Waals surface area contributed by atoms with Crippen molar-refractivity contribution in [3.63, 3.8) is 0 Å². The van der Waals surface area contributed by atoms with Gasteiger partial charge in [-0.2, -0.15) is 0 Å². The van der Waals surface area contributed by atoms with Crippen LogP contribution in [0.4, 0.5) is 0 Å². The van der Waals surface area contributed by atoms with Crippen molar-refractivity contribution in [2.45, 2.75) is 24.9 Å². The van der Waals surface area contributed by atoms with Crippen LogP contribution in [0.2, 0.25) is 0 Å². The van der Waals surface area contributed by atoms with E-state index in [2.05, 4.69) is 0 Å². The van der Waals surface area contributed by atoms with Crippen molar-refractivity contribution in [1.29, 1.82) is 0 Å². The number of ether oxygens (including phenoxy) is 2. The first-order valence-electron chi connectivity index (χ1n) is 9.17. The van der Waals surface area contributed by atoms with Gasteiger partial charge in [0.1, 0.15) is 12.1 Å². The molecule has 2 aromatic rings. The molecule has 10 nitrogen and oxygen atoms in total. The van der Waals surface area contributed by atoms with Crippen LogP contribution in [0.1, 0.15) is 31.8 Å². The van der Waals surface area contributed by atoms with E-state index >= 15 is 0 Å². The first-order valence-corrected chi connectivity index (χ1v) is 9.17. The molecule has 164 valence electrons. The van der Waals surface area contributed by atoms with Gasteiger partial charge in [0, 0.05) is 0 Å². The number of nitrogens with two attached hydrogens (primary N) is 2. The molecule has 0 heterocycles. The molecule has 10 heteroatoms. The number of carboxylic acid groups (broad SMARTS) is 2. The summed E-state index contributed by atoms with van der Waals surface area (Å²) in [6, 6.07) is 9.84. The minimum Gasteiger partial charge on any atom is -0.478 e. The molecule has 0 amide bonds. The van der Waals surface area contributed by atoms with Crippen molar-refractivity contribution >= 4 is 23.9 Å². The highest BCUT2D eigenvalue weighted by atomic mass is 16.7. The minimum absolute atomic E-state index is 0.0183. The van der Waals surface area contributed by atoms with Gasteiger partial charge in [0.05, 0.1) is 11.1 Å². The van der Waals surface area contributed by atoms with Crippen molar-refractivity contribution in [1.82, 2.24) is 0 Å². The topological polar surface area (TPSA) is 179 Å². The van der Waals surface area contributed by atoms with E-state index < -0.39 is 42.8 Å². The molecule has 0 aromatic heterocycles. The summed E-state index contributed by atoms with van der Waals surface area (Å²) in [5.41, 5.74) is 12.3. The second-order valence-electron chi connectivity index (χ2n) is 6.59. The third-order valence-electron chi connectivity index (χ3n) is 4.38. The summed E-state index contributed by atoms with van der Waals surface area (Å²) in [5, 5.41) is 18.3. The molecule has 0 saturated heterocycles. The SMILES string of the molecule is NC(Cc1ccccc1C(=O)O)C(=O)OCOC(=O)C(N)Cc1ccccc1C(=O)O. The molecule has 0 aliphatic carbocycles. The highest BCUT2D eigenvalue weighted by Crippen LogP contribution is 2.13. The van der Waals surface area contributed by atoms with Crippen LogP contribution in [0.25, 0.3) is 0 Å². The van der Waals surface area contributed by atoms with Gasteiger partial charge in [-0.15, -0.1) is 0 Å². The molecule has 2 unspecified atom stereocenters. The van der Waals surface area contributed by atoms with E-state index in [1.54, 1.807) is 24.3 Å². The van der Waals surface area contributed by atoms with Crippen LogP contribution in [-0.4, -0.2) is 53.0 Å². The van der Waals surface area contributed by atoms with Crippen LogP contribution >= 0.6 is 0 Å². The summed E-state index contributed by atoms with van der Waals surface area (Å²) < 4.78 is 9.61. The van der Waals surface area contributed by atoms with E-state index in [1.165, 1.54) is 24.3 Å². The molecule has 0 aliphatic heterocycles. The fourth-order valence-electron chi connectivity index (χ4n) is 2.81. The van der Waals surface area contributed by atoms with E-state index in [4.69, 9.17) is 31.2 Å². The number of carboxylic acids is 2. The minimum atomic E-state index is -1.17. The molecule has 6 N–H and O–H groups in total. The summed E-state index contributed by atoms with van der Waals surface area (Å²) >= 11 is 0. The van der Waals surface area contributed by atoms with Gasteiger partial charge in [-0.1, -0.05) is 36.4 Å². The Morgan fingerprint density at radius 3 is 1.42 bits per heavy atom. The first-order chi connectivity index (χ1) is 14.7. The Labute approximate surface area is 177 Å². The van der Waals surface area contributed by atoms with Gasteiger partial charge < -0.3 is 31.2 Å². The number of esters is 2. The van der Waals surface area contributed by atoms with Gasteiger partial charge in [0.25, 0.3) is 0 Å². The number of aromatic carboxylic acids is 2. The van der Waals surface area contributed by atoms with Crippen LogP contribution < -0.4 is 11.5 Å². The monoisotopic (exact) mass is 430 g/mol. The fraction of sp³-hybridized carbons (Fsp3) is 0.238. The highest BCUT2D eigenvalue weighted by molar-refractivity contribution is 5.90. The van der Waals surface area contributed by atoms with E-state index in [0.717, 1.165) is 0 Å². The van der Waals surface area contributed by atoms with Crippen molar-refractivity contribution < 1.29 is 38.9 Å². The van der Waals surface area contributed by atoms with Gasteiger partial charge >= 0.3 is 23.9 Å². The van der Waals surface area contributed by atoms with Crippen molar-refractivity contribution in [3.8, 4) is 0 Å². The van der Waals surface area contributed by atoms with E-state index in [1.807, 2.05) is 0 Å². The van der Waals surface area contributed by atoms with Gasteiger partial charge in [-0.05, 0) is 36.1 Å². The number of carbonyl (C=O) groups excluding carboxylic acids is 2. The van der Waals surface area contributed by atoms with Crippen molar-refractivity contribution in [2.75, 3.05) is 6.79 Å². The highest BCUT2D eigenvalue weighted by Gasteiger charge is 2.22. The maximum Gasteiger partial charge on any atom is 0.335 e. The lowest BCUT2D eigenvalue weighted by atomic mass is 10.0. The lowest BCUT2D eigenvalue weighted by Gasteiger charge is -2.15. The number of hydrogen-bond acceptors (Lipinski definition) is 8. The van der Waals surface area contributed by atoms with Gasteiger partial charge in [-0.3, -0.25) is 9.59 Å². The third-order valence-corrected chi connectivity index (χ3v) is 4.38. The Morgan fingerprint density at radius 1 is 0.710 bits per heavy atom. The number of carbonyl (C=O) groups is 4. The zero-order chi connectivity index (χ0) is 23.0. The number of benzene rings is 2. The fourth-order valence-corrected chi connectivity index (χ4v) is 2.81. The third kappa shape index (κ3) is 6.63. The maximum absolute atomic E-state index is 12.0.